The molecule has 0 bridgehead atoms. The number of ketones is 1. The molecule has 3 aromatic rings. The minimum Gasteiger partial charge on any atom is -0.494 e. The van der Waals surface area contributed by atoms with Crippen molar-refractivity contribution in [2.24, 2.45) is 0 Å². The molecular weight excluding hydrogens is 344 g/mol. The van der Waals surface area contributed by atoms with Crippen LogP contribution in [0.5, 0.6) is 5.88 Å². The second-order valence-electron chi connectivity index (χ2n) is 6.43. The van der Waals surface area contributed by atoms with Gasteiger partial charge in [-0.05, 0) is 50.5 Å². The van der Waals surface area contributed by atoms with Crippen molar-refractivity contribution in [2.45, 2.75) is 40.7 Å². The zero-order chi connectivity index (χ0) is 19.9. The van der Waals surface area contributed by atoms with Crippen molar-refractivity contribution in [1.29, 1.82) is 5.26 Å². The molecule has 0 radical (unpaired) electrons. The highest BCUT2D eigenvalue weighted by Crippen LogP contribution is 2.31. The average molecular weight is 364 g/mol. The highest BCUT2D eigenvalue weighted by atomic mass is 16.3. The molecule has 0 atom stereocenters. The first-order valence-electron chi connectivity index (χ1n) is 8.78. The fourth-order valence-corrected chi connectivity index (χ4v) is 3.33. The number of aromatic nitrogens is 1. The zero-order valence-corrected chi connectivity index (χ0v) is 15.7. The van der Waals surface area contributed by atoms with Crippen molar-refractivity contribution in [3.05, 3.63) is 62.1 Å². The van der Waals surface area contributed by atoms with Crippen molar-refractivity contribution in [2.75, 3.05) is 0 Å². The van der Waals surface area contributed by atoms with Crippen molar-refractivity contribution in [1.82, 2.24) is 4.57 Å². The Balaban J connectivity index is 2.29. The van der Waals surface area contributed by atoms with Crippen LogP contribution in [0.25, 0.3) is 11.0 Å². The monoisotopic (exact) mass is 364 g/mol. The van der Waals surface area contributed by atoms with Gasteiger partial charge >= 0.3 is 0 Å². The van der Waals surface area contributed by atoms with Crippen LogP contribution in [0.1, 0.15) is 52.2 Å². The van der Waals surface area contributed by atoms with Crippen LogP contribution in [0.2, 0.25) is 0 Å². The minimum atomic E-state index is -0.611. The normalized spacial score (nSPS) is 10.9. The number of aryl methyl sites for hydroxylation is 2. The number of nitrogens with zero attached hydrogens (tertiary/aromatic N) is 2. The van der Waals surface area contributed by atoms with E-state index in [9.17, 15) is 20.0 Å². The minimum absolute atomic E-state index is 0.0779. The lowest BCUT2D eigenvalue weighted by Crippen LogP contribution is -2.26. The van der Waals surface area contributed by atoms with Crippen LogP contribution in [0, 0.1) is 25.2 Å². The molecule has 0 amide bonds. The van der Waals surface area contributed by atoms with Gasteiger partial charge in [0.2, 0.25) is 11.7 Å². The number of benzene rings is 1. The summed E-state index contributed by atoms with van der Waals surface area (Å²) < 4.78 is 6.79. The smallest absolute Gasteiger partial charge is 0.271 e. The lowest BCUT2D eigenvalue weighted by molar-refractivity contribution is 0.101. The number of carbonyl (C=O) groups excluding carboxylic acids is 1. The molecule has 0 spiro atoms. The Bertz CT molecular complexity index is 1180. The van der Waals surface area contributed by atoms with Crippen molar-refractivity contribution >= 4 is 16.8 Å². The van der Waals surface area contributed by atoms with Crippen LogP contribution in [-0.2, 0) is 13.0 Å². The summed E-state index contributed by atoms with van der Waals surface area (Å²) >= 11 is 0. The van der Waals surface area contributed by atoms with E-state index in [-0.39, 0.29) is 29.0 Å². The van der Waals surface area contributed by atoms with Gasteiger partial charge in [0.05, 0.1) is 5.56 Å². The zero-order valence-electron chi connectivity index (χ0n) is 15.7. The third kappa shape index (κ3) is 2.72. The highest BCUT2D eigenvalue weighted by molar-refractivity contribution is 6.12. The van der Waals surface area contributed by atoms with Gasteiger partial charge in [-0.1, -0.05) is 13.0 Å². The Morgan fingerprint density at radius 1 is 1.26 bits per heavy atom. The molecule has 2 heterocycles. The van der Waals surface area contributed by atoms with Gasteiger partial charge in [-0.15, -0.1) is 0 Å². The predicted molar refractivity (Wildman–Crippen MR) is 101 cm³/mol. The predicted octanol–water partition coefficient (Wildman–Crippen LogP) is 3.60. The van der Waals surface area contributed by atoms with Crippen molar-refractivity contribution < 1.29 is 14.3 Å². The van der Waals surface area contributed by atoms with Gasteiger partial charge in [0.1, 0.15) is 17.2 Å². The first-order chi connectivity index (χ1) is 12.8. The summed E-state index contributed by atoms with van der Waals surface area (Å²) in [6.45, 7) is 7.11. The molecule has 1 aromatic carbocycles. The fraction of sp³-hybridized carbons (Fsp3) is 0.286. The summed E-state index contributed by atoms with van der Waals surface area (Å²) in [6, 6.07) is 7.57. The molecule has 27 heavy (non-hydrogen) atoms. The molecule has 2 aromatic heterocycles. The molecule has 0 saturated carbocycles. The number of furan rings is 1. The molecule has 6 nitrogen and oxygen atoms in total. The Kier molecular flexibility index (Phi) is 4.63. The van der Waals surface area contributed by atoms with Gasteiger partial charge < -0.3 is 9.52 Å². The summed E-state index contributed by atoms with van der Waals surface area (Å²) in [7, 11) is 0. The Labute approximate surface area is 156 Å². The summed E-state index contributed by atoms with van der Waals surface area (Å²) in [5.41, 5.74) is 1.68. The van der Waals surface area contributed by atoms with E-state index in [2.05, 4.69) is 0 Å². The summed E-state index contributed by atoms with van der Waals surface area (Å²) in [5.74, 6) is -0.893. The standard InChI is InChI=1S/C21H20N2O4/c1-5-13-7-8-16-14(9-13)12(4)19(27-16)18(24)17-11(3)15(10-22)20(25)23(6-2)21(17)26/h7-9,26H,5-6H2,1-4H3. The number of nitriles is 1. The maximum absolute atomic E-state index is 13.2. The molecule has 0 aliphatic carbocycles. The molecule has 0 fully saturated rings. The van der Waals surface area contributed by atoms with E-state index in [0.717, 1.165) is 21.9 Å². The van der Waals surface area contributed by atoms with Crippen LogP contribution >= 0.6 is 0 Å². The highest BCUT2D eigenvalue weighted by Gasteiger charge is 2.28. The number of hydrogen-bond acceptors (Lipinski definition) is 5. The number of aromatic hydroxyl groups is 1. The van der Waals surface area contributed by atoms with E-state index in [0.29, 0.717) is 11.1 Å². The molecular formula is C21H20N2O4. The lowest BCUT2D eigenvalue weighted by Gasteiger charge is -2.13. The topological polar surface area (TPSA) is 96.2 Å². The van der Waals surface area contributed by atoms with Crippen LogP contribution in [0.15, 0.2) is 27.4 Å². The van der Waals surface area contributed by atoms with E-state index in [4.69, 9.17) is 4.42 Å². The second kappa shape index (κ2) is 6.76. The molecule has 3 rings (SSSR count). The first-order valence-corrected chi connectivity index (χ1v) is 8.78. The summed E-state index contributed by atoms with van der Waals surface area (Å²) in [5, 5.41) is 20.7. The number of fused-ring (bicyclic) bond motifs is 1. The molecule has 1 N–H and O–H groups in total. The number of rotatable bonds is 4. The SMILES string of the molecule is CCc1ccc2oc(C(=O)c3c(C)c(C#N)c(=O)n(CC)c3O)c(C)c2c1. The lowest BCUT2D eigenvalue weighted by atomic mass is 9.98. The number of carbonyl (C=O) groups is 1. The number of pyridine rings is 1. The molecule has 138 valence electrons. The first kappa shape index (κ1) is 18.5. The average Bonchev–Trinajstić information content (AvgIpc) is 2.98. The van der Waals surface area contributed by atoms with E-state index < -0.39 is 17.2 Å². The third-order valence-electron chi connectivity index (χ3n) is 4.96. The molecule has 0 saturated heterocycles. The molecule has 0 aliphatic heterocycles. The van der Waals surface area contributed by atoms with E-state index >= 15 is 0 Å². The van der Waals surface area contributed by atoms with Gasteiger partial charge in [-0.25, -0.2) is 0 Å². The quantitative estimate of drug-likeness (QED) is 0.714. The van der Waals surface area contributed by atoms with Gasteiger partial charge in [0.25, 0.3) is 5.56 Å². The molecule has 6 heteroatoms. The Morgan fingerprint density at radius 2 is 1.96 bits per heavy atom. The second-order valence-corrected chi connectivity index (χ2v) is 6.43. The largest absolute Gasteiger partial charge is 0.494 e. The molecule has 0 aliphatic rings. The van der Waals surface area contributed by atoms with Crippen LogP contribution in [-0.4, -0.2) is 15.5 Å². The van der Waals surface area contributed by atoms with Gasteiger partial charge in [0, 0.05) is 17.5 Å². The van der Waals surface area contributed by atoms with Crippen molar-refractivity contribution in [3.63, 3.8) is 0 Å². The van der Waals surface area contributed by atoms with Crippen LogP contribution in [0.3, 0.4) is 0 Å². The van der Waals surface area contributed by atoms with Gasteiger partial charge in [-0.3, -0.25) is 14.2 Å². The summed E-state index contributed by atoms with van der Waals surface area (Å²) in [6.07, 6.45) is 0.858. The Hall–Kier alpha value is -3.33. The van der Waals surface area contributed by atoms with Gasteiger partial charge in [0.15, 0.2) is 5.76 Å². The van der Waals surface area contributed by atoms with Gasteiger partial charge in [-0.2, -0.15) is 5.26 Å². The maximum atomic E-state index is 13.2. The van der Waals surface area contributed by atoms with E-state index in [1.54, 1.807) is 13.8 Å². The number of hydrogen-bond donors (Lipinski definition) is 1. The fourth-order valence-electron chi connectivity index (χ4n) is 3.33. The van der Waals surface area contributed by atoms with Crippen molar-refractivity contribution in [3.8, 4) is 11.9 Å². The third-order valence-corrected chi connectivity index (χ3v) is 4.96. The summed E-state index contributed by atoms with van der Waals surface area (Å²) in [4.78, 5) is 25.5. The molecule has 0 unspecified atom stereocenters. The maximum Gasteiger partial charge on any atom is 0.271 e. The van der Waals surface area contributed by atoms with Crippen LogP contribution in [0.4, 0.5) is 0 Å². The van der Waals surface area contributed by atoms with E-state index in [1.807, 2.05) is 31.2 Å². The van der Waals surface area contributed by atoms with Crippen LogP contribution < -0.4 is 5.56 Å². The Morgan fingerprint density at radius 3 is 2.56 bits per heavy atom. The van der Waals surface area contributed by atoms with E-state index in [1.165, 1.54) is 6.92 Å².